The third-order valence-corrected chi connectivity index (χ3v) is 6.12. The standard InChI is InChI=1S/C20H17NO7S2/c1-30(27,28)17-7-3-5-14(11-17)13-4-2-6-15(10-13)21(29(25)26)16-8-9-18(20(23)24)19(22)12-16/h2-12,22H,1H3,(H,23,24)(H,25,26). The lowest BCUT2D eigenvalue weighted by Crippen LogP contribution is -2.19. The second kappa shape index (κ2) is 8.27. The number of aromatic hydroxyl groups is 1. The number of carboxylic acids is 1. The van der Waals surface area contributed by atoms with Crippen LogP contribution in [0.3, 0.4) is 0 Å². The van der Waals surface area contributed by atoms with Crippen LogP contribution >= 0.6 is 0 Å². The lowest BCUT2D eigenvalue weighted by molar-refractivity contribution is 0.0693. The molecule has 0 radical (unpaired) electrons. The van der Waals surface area contributed by atoms with Crippen LogP contribution in [0.25, 0.3) is 11.1 Å². The first kappa shape index (κ1) is 21.5. The van der Waals surface area contributed by atoms with Crippen molar-refractivity contribution in [1.29, 1.82) is 0 Å². The van der Waals surface area contributed by atoms with Crippen molar-refractivity contribution >= 4 is 38.4 Å². The van der Waals surface area contributed by atoms with E-state index in [1.54, 1.807) is 36.4 Å². The molecule has 0 spiro atoms. The Morgan fingerprint density at radius 3 is 2.10 bits per heavy atom. The minimum absolute atomic E-state index is 0.0976. The number of anilines is 2. The van der Waals surface area contributed by atoms with Gasteiger partial charge in [-0.1, -0.05) is 24.3 Å². The van der Waals surface area contributed by atoms with Crippen molar-refractivity contribution in [3.05, 3.63) is 72.3 Å². The Morgan fingerprint density at radius 1 is 0.933 bits per heavy atom. The van der Waals surface area contributed by atoms with Gasteiger partial charge in [-0.05, 0) is 47.5 Å². The van der Waals surface area contributed by atoms with E-state index < -0.39 is 32.8 Å². The molecule has 0 amide bonds. The van der Waals surface area contributed by atoms with Gasteiger partial charge in [0, 0.05) is 12.3 Å². The van der Waals surface area contributed by atoms with Crippen LogP contribution in [0, 0.1) is 0 Å². The molecule has 0 heterocycles. The van der Waals surface area contributed by atoms with Crippen LogP contribution in [0.4, 0.5) is 11.4 Å². The molecule has 8 nitrogen and oxygen atoms in total. The van der Waals surface area contributed by atoms with Crippen LogP contribution in [0.2, 0.25) is 0 Å². The molecule has 0 aromatic heterocycles. The lowest BCUT2D eigenvalue weighted by atomic mass is 10.1. The molecule has 1 unspecified atom stereocenters. The summed E-state index contributed by atoms with van der Waals surface area (Å²) in [6, 6.07) is 16.3. The van der Waals surface area contributed by atoms with Crippen molar-refractivity contribution in [2.24, 2.45) is 0 Å². The van der Waals surface area contributed by atoms with Crippen molar-refractivity contribution in [3.63, 3.8) is 0 Å². The number of rotatable bonds is 6. The van der Waals surface area contributed by atoms with Crippen LogP contribution in [0.5, 0.6) is 5.75 Å². The average molecular weight is 447 g/mol. The molecule has 3 N–H and O–H groups in total. The summed E-state index contributed by atoms with van der Waals surface area (Å²) in [6.07, 6.45) is 1.10. The summed E-state index contributed by atoms with van der Waals surface area (Å²) >= 11 is -2.54. The van der Waals surface area contributed by atoms with Gasteiger partial charge in [-0.15, -0.1) is 0 Å². The summed E-state index contributed by atoms with van der Waals surface area (Å²) in [7, 11) is -3.41. The summed E-state index contributed by atoms with van der Waals surface area (Å²) in [6.45, 7) is 0. The molecule has 0 aliphatic carbocycles. The molecule has 0 aliphatic heterocycles. The van der Waals surface area contributed by atoms with Crippen LogP contribution in [0.15, 0.2) is 71.6 Å². The second-order valence-electron chi connectivity index (χ2n) is 6.38. The predicted molar refractivity (Wildman–Crippen MR) is 113 cm³/mol. The van der Waals surface area contributed by atoms with Crippen molar-refractivity contribution in [3.8, 4) is 16.9 Å². The fourth-order valence-electron chi connectivity index (χ4n) is 2.87. The Morgan fingerprint density at radius 2 is 1.53 bits per heavy atom. The fraction of sp³-hybridized carbons (Fsp3) is 0.0500. The molecule has 0 saturated heterocycles. The van der Waals surface area contributed by atoms with Gasteiger partial charge >= 0.3 is 5.97 Å². The first-order chi connectivity index (χ1) is 14.1. The van der Waals surface area contributed by atoms with Gasteiger partial charge in [0.15, 0.2) is 9.84 Å². The smallest absolute Gasteiger partial charge is 0.339 e. The van der Waals surface area contributed by atoms with Crippen molar-refractivity contribution in [1.82, 2.24) is 0 Å². The first-order valence-corrected chi connectivity index (χ1v) is 11.4. The highest BCUT2D eigenvalue weighted by molar-refractivity contribution is 7.90. The van der Waals surface area contributed by atoms with E-state index in [1.807, 2.05) is 0 Å². The van der Waals surface area contributed by atoms with Gasteiger partial charge in [-0.2, -0.15) is 0 Å². The highest BCUT2D eigenvalue weighted by Crippen LogP contribution is 2.34. The van der Waals surface area contributed by atoms with E-state index in [9.17, 15) is 27.1 Å². The maximum atomic E-state index is 12.0. The van der Waals surface area contributed by atoms with E-state index >= 15 is 0 Å². The summed E-state index contributed by atoms with van der Waals surface area (Å²) < 4.78 is 46.5. The molecule has 3 aromatic rings. The molecule has 3 aromatic carbocycles. The number of hydrogen-bond donors (Lipinski definition) is 3. The molecule has 156 valence electrons. The van der Waals surface area contributed by atoms with Crippen molar-refractivity contribution in [2.45, 2.75) is 4.90 Å². The Kier molecular flexibility index (Phi) is 5.92. The quantitative estimate of drug-likeness (QED) is 0.493. The lowest BCUT2D eigenvalue weighted by Gasteiger charge is -2.21. The maximum absolute atomic E-state index is 12.0. The van der Waals surface area contributed by atoms with Crippen LogP contribution < -0.4 is 4.31 Å². The molecule has 0 bridgehead atoms. The third-order valence-electron chi connectivity index (χ3n) is 4.28. The number of benzene rings is 3. The largest absolute Gasteiger partial charge is 0.507 e. The van der Waals surface area contributed by atoms with Crippen molar-refractivity contribution < 1.29 is 32.2 Å². The van der Waals surface area contributed by atoms with Gasteiger partial charge in [0.2, 0.25) is 0 Å². The number of hydrogen-bond acceptors (Lipinski definition) is 5. The van der Waals surface area contributed by atoms with E-state index in [-0.39, 0.29) is 21.8 Å². The molecular formula is C20H17NO7S2. The number of sulfone groups is 1. The summed E-state index contributed by atoms with van der Waals surface area (Å²) in [5.41, 5.74) is 1.22. The predicted octanol–water partition coefficient (Wildman–Crippen LogP) is 3.44. The molecule has 0 aliphatic rings. The SMILES string of the molecule is CS(=O)(=O)c1cccc(-c2cccc(N(c3ccc(C(=O)O)c(O)c3)S(=O)O)c2)c1. The normalized spacial score (nSPS) is 12.3. The summed E-state index contributed by atoms with van der Waals surface area (Å²) in [5.74, 6) is -1.88. The third kappa shape index (κ3) is 4.51. The van der Waals surface area contributed by atoms with Crippen molar-refractivity contribution in [2.75, 3.05) is 10.6 Å². The Balaban J connectivity index is 2.08. The summed E-state index contributed by atoms with van der Waals surface area (Å²) in [4.78, 5) is 11.2. The minimum Gasteiger partial charge on any atom is -0.507 e. The van der Waals surface area contributed by atoms with E-state index in [1.165, 1.54) is 18.2 Å². The second-order valence-corrected chi connectivity index (χ2v) is 9.22. The minimum atomic E-state index is -3.41. The van der Waals surface area contributed by atoms with Gasteiger partial charge in [0.1, 0.15) is 11.3 Å². The Bertz CT molecular complexity index is 1260. The highest BCUT2D eigenvalue weighted by Gasteiger charge is 2.19. The van der Waals surface area contributed by atoms with Gasteiger partial charge in [-0.25, -0.2) is 21.7 Å². The Hall–Kier alpha value is -3.21. The number of carbonyl (C=O) groups is 1. The van der Waals surface area contributed by atoms with E-state index in [2.05, 4.69) is 0 Å². The number of aromatic carboxylic acids is 1. The van der Waals surface area contributed by atoms with Gasteiger partial charge in [0.25, 0.3) is 11.3 Å². The average Bonchev–Trinajstić information content (AvgIpc) is 2.67. The molecule has 0 saturated carbocycles. The van der Waals surface area contributed by atoms with E-state index in [0.717, 1.165) is 22.7 Å². The number of phenols is 1. The zero-order valence-corrected chi connectivity index (χ0v) is 17.2. The molecular weight excluding hydrogens is 430 g/mol. The molecule has 10 heteroatoms. The topological polar surface area (TPSA) is 132 Å². The van der Waals surface area contributed by atoms with E-state index in [4.69, 9.17) is 5.11 Å². The molecule has 0 fully saturated rings. The molecule has 30 heavy (non-hydrogen) atoms. The molecule has 3 rings (SSSR count). The van der Waals surface area contributed by atoms with Crippen LogP contribution in [-0.2, 0) is 21.1 Å². The number of nitrogens with zero attached hydrogens (tertiary/aromatic N) is 1. The Labute approximate surface area is 175 Å². The summed E-state index contributed by atoms with van der Waals surface area (Å²) in [5, 5.41) is 19.0. The van der Waals surface area contributed by atoms with Gasteiger partial charge in [0.05, 0.1) is 16.3 Å². The van der Waals surface area contributed by atoms with Gasteiger partial charge < -0.3 is 10.2 Å². The zero-order chi connectivity index (χ0) is 22.1. The maximum Gasteiger partial charge on any atom is 0.339 e. The van der Waals surface area contributed by atoms with Crippen LogP contribution in [-0.4, -0.2) is 39.6 Å². The monoisotopic (exact) mass is 447 g/mol. The zero-order valence-electron chi connectivity index (χ0n) is 15.6. The van der Waals surface area contributed by atoms with Crippen LogP contribution in [0.1, 0.15) is 10.4 Å². The molecule has 1 atom stereocenters. The number of carboxylic acid groups (broad SMARTS) is 1. The highest BCUT2D eigenvalue weighted by atomic mass is 32.2. The fourth-order valence-corrected chi connectivity index (χ4v) is 4.13. The van der Waals surface area contributed by atoms with Gasteiger partial charge in [-0.3, -0.25) is 4.55 Å². The first-order valence-electron chi connectivity index (χ1n) is 8.46. The van der Waals surface area contributed by atoms with E-state index in [0.29, 0.717) is 11.1 Å².